The van der Waals surface area contributed by atoms with Gasteiger partial charge in [0.2, 0.25) is 0 Å². The summed E-state index contributed by atoms with van der Waals surface area (Å²) in [5.74, 6) is -0.252. The Morgan fingerprint density at radius 1 is 0.962 bits per heavy atom. The van der Waals surface area contributed by atoms with E-state index >= 15 is 0 Å². The number of nitrogens with zero attached hydrogens (tertiary/aromatic N) is 2. The quantitative estimate of drug-likeness (QED) is 0.706. The van der Waals surface area contributed by atoms with Gasteiger partial charge in [-0.3, -0.25) is 4.79 Å². The van der Waals surface area contributed by atoms with Gasteiger partial charge in [-0.2, -0.15) is 4.99 Å². The number of aryl methyl sites for hydroxylation is 1. The van der Waals surface area contributed by atoms with Crippen molar-refractivity contribution in [3.63, 3.8) is 0 Å². The van der Waals surface area contributed by atoms with E-state index in [0.29, 0.717) is 24.2 Å². The standard InChI is InChI=1S/C22H22N2O2/c1-17-6-8-18(9-7-17)15-24-14-4-3-5-21(24)23-22(25)20-12-10-19(11-13-20)16-26-2/h3-14H,15-16H2,1-2H3. The van der Waals surface area contributed by atoms with Gasteiger partial charge in [0.05, 0.1) is 6.61 Å². The number of ether oxygens (including phenoxy) is 1. The molecule has 0 spiro atoms. The van der Waals surface area contributed by atoms with Crippen molar-refractivity contribution in [1.29, 1.82) is 0 Å². The summed E-state index contributed by atoms with van der Waals surface area (Å²) < 4.78 is 7.07. The number of methoxy groups -OCH3 is 1. The lowest BCUT2D eigenvalue weighted by Crippen LogP contribution is -2.22. The molecule has 3 rings (SSSR count). The van der Waals surface area contributed by atoms with Gasteiger partial charge in [-0.15, -0.1) is 0 Å². The van der Waals surface area contributed by atoms with Crippen LogP contribution >= 0.6 is 0 Å². The Hall–Kier alpha value is -2.98. The Balaban J connectivity index is 1.86. The van der Waals surface area contributed by atoms with Crippen LogP contribution in [0.5, 0.6) is 0 Å². The molecular weight excluding hydrogens is 324 g/mol. The number of carbonyl (C=O) groups excluding carboxylic acids is 1. The molecule has 0 aliphatic carbocycles. The predicted molar refractivity (Wildman–Crippen MR) is 102 cm³/mol. The lowest BCUT2D eigenvalue weighted by molar-refractivity contribution is 0.0997. The van der Waals surface area contributed by atoms with Crippen LogP contribution in [0.15, 0.2) is 77.9 Å². The molecule has 26 heavy (non-hydrogen) atoms. The van der Waals surface area contributed by atoms with Crippen molar-refractivity contribution < 1.29 is 9.53 Å². The first-order chi connectivity index (χ1) is 12.7. The maximum atomic E-state index is 12.5. The zero-order valence-corrected chi connectivity index (χ0v) is 15.1. The maximum Gasteiger partial charge on any atom is 0.278 e. The second-order valence-electron chi connectivity index (χ2n) is 6.22. The summed E-state index contributed by atoms with van der Waals surface area (Å²) in [6.45, 7) is 3.26. The van der Waals surface area contributed by atoms with Gasteiger partial charge in [0, 0.05) is 25.4 Å². The maximum absolute atomic E-state index is 12.5. The van der Waals surface area contributed by atoms with Crippen LogP contribution in [-0.2, 0) is 17.9 Å². The van der Waals surface area contributed by atoms with Gasteiger partial charge >= 0.3 is 0 Å². The van der Waals surface area contributed by atoms with E-state index in [2.05, 4.69) is 36.2 Å². The van der Waals surface area contributed by atoms with Gasteiger partial charge in [0.25, 0.3) is 5.91 Å². The zero-order valence-electron chi connectivity index (χ0n) is 15.1. The van der Waals surface area contributed by atoms with Crippen LogP contribution in [0.2, 0.25) is 0 Å². The third-order valence-electron chi connectivity index (χ3n) is 4.12. The van der Waals surface area contributed by atoms with Crippen molar-refractivity contribution >= 4 is 5.91 Å². The van der Waals surface area contributed by atoms with Crippen LogP contribution in [0, 0.1) is 6.92 Å². The van der Waals surface area contributed by atoms with Gasteiger partial charge in [-0.25, -0.2) is 0 Å². The molecule has 0 saturated carbocycles. The SMILES string of the molecule is COCc1ccc(C(=O)N=c2ccccn2Cc2ccc(C)cc2)cc1. The highest BCUT2D eigenvalue weighted by atomic mass is 16.5. The van der Waals surface area contributed by atoms with E-state index in [1.54, 1.807) is 19.2 Å². The fourth-order valence-electron chi connectivity index (χ4n) is 2.67. The van der Waals surface area contributed by atoms with Gasteiger partial charge in [-0.05, 0) is 42.3 Å². The van der Waals surface area contributed by atoms with Crippen LogP contribution < -0.4 is 5.49 Å². The number of benzene rings is 2. The molecule has 0 N–H and O–H groups in total. The van der Waals surface area contributed by atoms with E-state index in [1.807, 2.05) is 41.1 Å². The Labute approximate surface area is 153 Å². The molecule has 0 bridgehead atoms. The fourth-order valence-corrected chi connectivity index (χ4v) is 2.67. The largest absolute Gasteiger partial charge is 0.380 e. The normalized spacial score (nSPS) is 11.5. The minimum Gasteiger partial charge on any atom is -0.380 e. The van der Waals surface area contributed by atoms with Crippen LogP contribution in [0.25, 0.3) is 0 Å². The van der Waals surface area contributed by atoms with Crippen molar-refractivity contribution in [2.75, 3.05) is 7.11 Å². The molecule has 3 aromatic rings. The first kappa shape index (κ1) is 17.8. The fraction of sp³-hybridized carbons (Fsp3) is 0.182. The van der Waals surface area contributed by atoms with E-state index in [-0.39, 0.29) is 5.91 Å². The molecule has 0 atom stereocenters. The summed E-state index contributed by atoms with van der Waals surface area (Å²) in [4.78, 5) is 16.8. The summed E-state index contributed by atoms with van der Waals surface area (Å²) in [6, 6.07) is 21.4. The Morgan fingerprint density at radius 2 is 1.65 bits per heavy atom. The van der Waals surface area contributed by atoms with E-state index in [9.17, 15) is 4.79 Å². The Kier molecular flexibility index (Phi) is 5.77. The molecule has 1 amide bonds. The van der Waals surface area contributed by atoms with Crippen LogP contribution in [-0.4, -0.2) is 17.6 Å². The first-order valence-electron chi connectivity index (χ1n) is 8.53. The average molecular weight is 346 g/mol. The topological polar surface area (TPSA) is 43.6 Å². The summed E-state index contributed by atoms with van der Waals surface area (Å²) in [5.41, 5.74) is 4.62. The molecule has 4 nitrogen and oxygen atoms in total. The average Bonchev–Trinajstić information content (AvgIpc) is 2.66. The Morgan fingerprint density at radius 3 is 2.35 bits per heavy atom. The molecule has 1 aromatic heterocycles. The molecule has 0 fully saturated rings. The van der Waals surface area contributed by atoms with Crippen molar-refractivity contribution in [1.82, 2.24) is 4.57 Å². The second-order valence-corrected chi connectivity index (χ2v) is 6.22. The highest BCUT2D eigenvalue weighted by Crippen LogP contribution is 2.07. The number of rotatable bonds is 5. The lowest BCUT2D eigenvalue weighted by atomic mass is 10.1. The van der Waals surface area contributed by atoms with Crippen LogP contribution in [0.1, 0.15) is 27.0 Å². The van der Waals surface area contributed by atoms with Crippen molar-refractivity contribution in [3.05, 3.63) is 101 Å². The van der Waals surface area contributed by atoms with Gasteiger partial charge < -0.3 is 9.30 Å². The summed E-state index contributed by atoms with van der Waals surface area (Å²) in [6.07, 6.45) is 1.94. The molecule has 0 aliphatic heterocycles. The predicted octanol–water partition coefficient (Wildman–Crippen LogP) is 3.73. The molecule has 4 heteroatoms. The monoisotopic (exact) mass is 346 g/mol. The first-order valence-corrected chi connectivity index (χ1v) is 8.53. The highest BCUT2D eigenvalue weighted by molar-refractivity contribution is 5.94. The molecule has 132 valence electrons. The second kappa shape index (κ2) is 8.41. The molecule has 0 aliphatic rings. The number of aromatic nitrogens is 1. The molecule has 1 heterocycles. The highest BCUT2D eigenvalue weighted by Gasteiger charge is 2.05. The number of pyridine rings is 1. The lowest BCUT2D eigenvalue weighted by Gasteiger charge is -2.08. The summed E-state index contributed by atoms with van der Waals surface area (Å²) in [7, 11) is 1.65. The number of hydrogen-bond acceptors (Lipinski definition) is 2. The zero-order chi connectivity index (χ0) is 18.4. The number of carbonyl (C=O) groups is 1. The van der Waals surface area contributed by atoms with Crippen LogP contribution in [0.3, 0.4) is 0 Å². The molecule has 0 saturated heterocycles. The van der Waals surface area contributed by atoms with Gasteiger partial charge in [0.1, 0.15) is 5.49 Å². The van der Waals surface area contributed by atoms with E-state index in [4.69, 9.17) is 4.74 Å². The van der Waals surface area contributed by atoms with Gasteiger partial charge in [0.15, 0.2) is 0 Å². The van der Waals surface area contributed by atoms with Crippen molar-refractivity contribution in [2.24, 2.45) is 4.99 Å². The van der Waals surface area contributed by atoms with Gasteiger partial charge in [-0.1, -0.05) is 48.0 Å². The van der Waals surface area contributed by atoms with E-state index < -0.39 is 0 Å². The minimum absolute atomic E-state index is 0.252. The summed E-state index contributed by atoms with van der Waals surface area (Å²) in [5, 5.41) is 0. The van der Waals surface area contributed by atoms with Crippen molar-refractivity contribution in [2.45, 2.75) is 20.1 Å². The summed E-state index contributed by atoms with van der Waals surface area (Å²) >= 11 is 0. The third kappa shape index (κ3) is 4.55. The smallest absolute Gasteiger partial charge is 0.278 e. The number of hydrogen-bond donors (Lipinski definition) is 0. The van der Waals surface area contributed by atoms with E-state index in [0.717, 1.165) is 5.56 Å². The van der Waals surface area contributed by atoms with E-state index in [1.165, 1.54) is 11.1 Å². The number of amides is 1. The molecule has 0 radical (unpaired) electrons. The van der Waals surface area contributed by atoms with Crippen LogP contribution in [0.4, 0.5) is 0 Å². The Bertz CT molecular complexity index is 939. The van der Waals surface area contributed by atoms with Crippen molar-refractivity contribution in [3.8, 4) is 0 Å². The molecular formula is C22H22N2O2. The third-order valence-corrected chi connectivity index (χ3v) is 4.12. The molecule has 0 unspecified atom stereocenters. The molecule has 2 aromatic carbocycles. The minimum atomic E-state index is -0.252.